The van der Waals surface area contributed by atoms with E-state index in [0.717, 1.165) is 68.2 Å². The van der Waals surface area contributed by atoms with Crippen molar-refractivity contribution >= 4 is 17.2 Å². The number of hydrazone groups is 1. The molecule has 0 bridgehead atoms. The fourth-order valence-corrected chi connectivity index (χ4v) is 6.18. The highest BCUT2D eigenvalue weighted by Crippen LogP contribution is 2.37. The number of ether oxygens (including phenoxy) is 1. The summed E-state index contributed by atoms with van der Waals surface area (Å²) < 4.78 is 8.66. The highest BCUT2D eigenvalue weighted by molar-refractivity contribution is 6.12. The standard InChI is InChI=1S/C42H33N5O/c1-45-40(32-18-8-3-9-19-32)39(31-16-6-2-7-17-31)43-41(45)34-22-14-26-37(28-34)48-38-27-15-25-36(29-38)47-30-46(35-23-12-5-13-24-35)42(44-47)33-20-10-4-11-21-33/h2-29H,30H2,1H3. The predicted octanol–water partition coefficient (Wildman–Crippen LogP) is 9.86. The van der Waals surface area contributed by atoms with Crippen LogP contribution in [0.4, 0.5) is 11.4 Å². The number of para-hydroxylation sites is 1. The zero-order valence-corrected chi connectivity index (χ0v) is 26.5. The summed E-state index contributed by atoms with van der Waals surface area (Å²) in [6, 6.07) is 57.7. The van der Waals surface area contributed by atoms with E-state index in [1.54, 1.807) is 0 Å². The van der Waals surface area contributed by atoms with Crippen molar-refractivity contribution in [3.8, 4) is 45.4 Å². The van der Waals surface area contributed by atoms with Gasteiger partial charge in [0.1, 0.15) is 24.0 Å². The minimum Gasteiger partial charge on any atom is -0.457 e. The summed E-state index contributed by atoms with van der Waals surface area (Å²) in [7, 11) is 2.08. The number of benzene rings is 6. The van der Waals surface area contributed by atoms with Crippen molar-refractivity contribution in [2.24, 2.45) is 12.1 Å². The molecule has 0 saturated heterocycles. The van der Waals surface area contributed by atoms with E-state index in [1.807, 2.05) is 71.7 Å². The summed E-state index contributed by atoms with van der Waals surface area (Å²) in [5, 5.41) is 7.08. The molecule has 0 saturated carbocycles. The molecule has 48 heavy (non-hydrogen) atoms. The molecule has 1 aliphatic heterocycles. The smallest absolute Gasteiger partial charge is 0.162 e. The highest BCUT2D eigenvalue weighted by atomic mass is 16.5. The Balaban J connectivity index is 1.10. The summed E-state index contributed by atoms with van der Waals surface area (Å²) in [5.74, 6) is 3.23. The van der Waals surface area contributed by atoms with Gasteiger partial charge >= 0.3 is 0 Å². The van der Waals surface area contributed by atoms with Gasteiger partial charge in [0.15, 0.2) is 5.84 Å². The van der Waals surface area contributed by atoms with Crippen molar-refractivity contribution in [3.05, 3.63) is 175 Å². The van der Waals surface area contributed by atoms with Gasteiger partial charge in [-0.05, 0) is 36.4 Å². The maximum atomic E-state index is 6.48. The summed E-state index contributed by atoms with van der Waals surface area (Å²) in [4.78, 5) is 7.42. The lowest BCUT2D eigenvalue weighted by atomic mass is 10.1. The van der Waals surface area contributed by atoms with Gasteiger partial charge < -0.3 is 14.2 Å². The second-order valence-electron chi connectivity index (χ2n) is 11.6. The van der Waals surface area contributed by atoms with Gasteiger partial charge in [0.25, 0.3) is 0 Å². The van der Waals surface area contributed by atoms with E-state index in [4.69, 9.17) is 14.8 Å². The number of aromatic nitrogens is 2. The fourth-order valence-electron chi connectivity index (χ4n) is 6.18. The summed E-state index contributed by atoms with van der Waals surface area (Å²) in [6.45, 7) is 0.583. The molecule has 232 valence electrons. The van der Waals surface area contributed by atoms with Crippen molar-refractivity contribution < 1.29 is 4.74 Å². The average molecular weight is 624 g/mol. The van der Waals surface area contributed by atoms with Crippen LogP contribution in [0.15, 0.2) is 175 Å². The molecule has 7 aromatic rings. The van der Waals surface area contributed by atoms with E-state index < -0.39 is 0 Å². The molecule has 6 aromatic carbocycles. The molecule has 1 aliphatic rings. The molecule has 0 atom stereocenters. The molecule has 6 nitrogen and oxygen atoms in total. The maximum Gasteiger partial charge on any atom is 0.162 e. The minimum atomic E-state index is 0.583. The summed E-state index contributed by atoms with van der Waals surface area (Å²) in [5.41, 5.74) is 8.28. The number of hydrogen-bond acceptors (Lipinski definition) is 5. The Hall–Kier alpha value is -6.40. The number of rotatable bonds is 8. The van der Waals surface area contributed by atoms with Gasteiger partial charge in [0.05, 0.1) is 17.1 Å². The van der Waals surface area contributed by atoms with Crippen LogP contribution in [0.5, 0.6) is 11.5 Å². The zero-order valence-electron chi connectivity index (χ0n) is 26.5. The van der Waals surface area contributed by atoms with E-state index >= 15 is 0 Å². The Kier molecular flexibility index (Phi) is 7.73. The number of anilines is 2. The van der Waals surface area contributed by atoms with Crippen LogP contribution in [0.1, 0.15) is 5.56 Å². The Labute approximate surface area is 280 Å². The van der Waals surface area contributed by atoms with E-state index in [0.29, 0.717) is 6.67 Å². The van der Waals surface area contributed by atoms with Gasteiger partial charge in [-0.15, -0.1) is 0 Å². The Morgan fingerprint density at radius 1 is 0.521 bits per heavy atom. The van der Waals surface area contributed by atoms with E-state index in [1.165, 1.54) is 0 Å². The monoisotopic (exact) mass is 623 g/mol. The first kappa shape index (κ1) is 29.0. The highest BCUT2D eigenvalue weighted by Gasteiger charge is 2.27. The number of nitrogens with zero attached hydrogens (tertiary/aromatic N) is 5. The average Bonchev–Trinajstić information content (AvgIpc) is 3.76. The molecule has 2 heterocycles. The summed E-state index contributed by atoms with van der Waals surface area (Å²) in [6.07, 6.45) is 0. The number of amidine groups is 1. The first-order chi connectivity index (χ1) is 23.7. The van der Waals surface area contributed by atoms with Crippen molar-refractivity contribution in [2.45, 2.75) is 0 Å². The van der Waals surface area contributed by atoms with Crippen LogP contribution in [-0.4, -0.2) is 22.1 Å². The molecule has 6 heteroatoms. The van der Waals surface area contributed by atoms with Gasteiger partial charge in [-0.25, -0.2) is 9.99 Å². The lowest BCUT2D eigenvalue weighted by Crippen LogP contribution is -2.31. The van der Waals surface area contributed by atoms with Crippen LogP contribution < -0.4 is 14.6 Å². The van der Waals surface area contributed by atoms with E-state index in [-0.39, 0.29) is 0 Å². The molecule has 0 spiro atoms. The van der Waals surface area contributed by atoms with Crippen LogP contribution in [-0.2, 0) is 7.05 Å². The SMILES string of the molecule is Cn1c(-c2cccc(Oc3cccc(N4CN(c5ccccc5)C(c5ccccc5)=N4)c3)c2)nc(-c2ccccc2)c1-c1ccccc1. The van der Waals surface area contributed by atoms with Gasteiger partial charge in [0.2, 0.25) is 0 Å². The Bertz CT molecular complexity index is 2200. The third kappa shape index (κ3) is 5.72. The Morgan fingerprint density at radius 2 is 1.06 bits per heavy atom. The first-order valence-electron chi connectivity index (χ1n) is 16.0. The molecule has 0 unspecified atom stereocenters. The predicted molar refractivity (Wildman–Crippen MR) is 195 cm³/mol. The fraction of sp³-hybridized carbons (Fsp3) is 0.0476. The first-order valence-corrected chi connectivity index (χ1v) is 16.0. The lowest BCUT2D eigenvalue weighted by Gasteiger charge is -2.22. The second-order valence-corrected chi connectivity index (χ2v) is 11.6. The van der Waals surface area contributed by atoms with Crippen molar-refractivity contribution in [3.63, 3.8) is 0 Å². The van der Waals surface area contributed by atoms with E-state index in [9.17, 15) is 0 Å². The maximum absolute atomic E-state index is 6.48. The molecule has 0 fully saturated rings. The van der Waals surface area contributed by atoms with Crippen LogP contribution in [0.2, 0.25) is 0 Å². The zero-order chi connectivity index (χ0) is 32.3. The van der Waals surface area contributed by atoms with Gasteiger partial charge in [0, 0.05) is 41.1 Å². The summed E-state index contributed by atoms with van der Waals surface area (Å²) >= 11 is 0. The molecular formula is C42H33N5O. The number of hydrogen-bond donors (Lipinski definition) is 0. The molecule has 0 aliphatic carbocycles. The molecule has 0 radical (unpaired) electrons. The minimum absolute atomic E-state index is 0.583. The topological polar surface area (TPSA) is 45.9 Å². The Morgan fingerprint density at radius 3 is 1.75 bits per heavy atom. The van der Waals surface area contributed by atoms with Gasteiger partial charge in [-0.3, -0.25) is 0 Å². The van der Waals surface area contributed by atoms with Gasteiger partial charge in [-0.2, -0.15) is 5.10 Å². The molecule has 0 amide bonds. The van der Waals surface area contributed by atoms with Crippen LogP contribution in [0, 0.1) is 0 Å². The number of imidazole rings is 1. The molecule has 8 rings (SSSR count). The third-order valence-corrected chi connectivity index (χ3v) is 8.48. The van der Waals surface area contributed by atoms with Crippen LogP contribution in [0.3, 0.4) is 0 Å². The third-order valence-electron chi connectivity index (χ3n) is 8.48. The van der Waals surface area contributed by atoms with Crippen LogP contribution >= 0.6 is 0 Å². The normalized spacial score (nSPS) is 12.6. The quantitative estimate of drug-likeness (QED) is 0.169. The lowest BCUT2D eigenvalue weighted by molar-refractivity contribution is 0.483. The molecular weight excluding hydrogens is 590 g/mol. The van der Waals surface area contributed by atoms with Crippen LogP contribution in [0.25, 0.3) is 33.9 Å². The van der Waals surface area contributed by atoms with Crippen molar-refractivity contribution in [2.75, 3.05) is 16.6 Å². The second kappa shape index (κ2) is 12.8. The van der Waals surface area contributed by atoms with Crippen molar-refractivity contribution in [1.82, 2.24) is 9.55 Å². The van der Waals surface area contributed by atoms with E-state index in [2.05, 4.69) is 120 Å². The molecule has 0 N–H and O–H groups in total. The van der Waals surface area contributed by atoms with Crippen molar-refractivity contribution in [1.29, 1.82) is 0 Å². The molecule has 1 aromatic heterocycles. The largest absolute Gasteiger partial charge is 0.457 e. The van der Waals surface area contributed by atoms with Gasteiger partial charge in [-0.1, -0.05) is 127 Å².